The highest BCUT2D eigenvalue weighted by molar-refractivity contribution is 5.03. The van der Waals surface area contributed by atoms with Crippen LogP contribution in [0.2, 0.25) is 0 Å². The first-order valence-electron chi connectivity index (χ1n) is 3.56. The highest BCUT2D eigenvalue weighted by Crippen LogP contribution is 1.95. The van der Waals surface area contributed by atoms with Crippen LogP contribution in [0.3, 0.4) is 0 Å². The van der Waals surface area contributed by atoms with Crippen LogP contribution in [0.1, 0.15) is 5.69 Å². The molecule has 0 atom stereocenters. The van der Waals surface area contributed by atoms with Gasteiger partial charge in [-0.1, -0.05) is 6.07 Å². The van der Waals surface area contributed by atoms with Crippen molar-refractivity contribution in [2.24, 2.45) is 0 Å². The van der Waals surface area contributed by atoms with Crippen molar-refractivity contribution in [1.82, 2.24) is 10.1 Å². The Balaban J connectivity index is 2.39. The Morgan fingerprint density at radius 2 is 2.36 bits per heavy atom. The van der Waals surface area contributed by atoms with Gasteiger partial charge in [0.05, 0.1) is 0 Å². The molecule has 0 spiro atoms. The van der Waals surface area contributed by atoms with E-state index < -0.39 is 0 Å². The van der Waals surface area contributed by atoms with Gasteiger partial charge in [0, 0.05) is 31.9 Å². The van der Waals surface area contributed by atoms with Gasteiger partial charge >= 0.3 is 0 Å². The Morgan fingerprint density at radius 3 is 2.91 bits per heavy atom. The predicted molar refractivity (Wildman–Crippen MR) is 41.7 cm³/mol. The SMILES string of the molecule is CN(F)CCc1ccccn1. The topological polar surface area (TPSA) is 16.1 Å². The van der Waals surface area contributed by atoms with Crippen molar-refractivity contribution in [3.05, 3.63) is 30.1 Å². The molecular weight excluding hydrogens is 143 g/mol. The summed E-state index contributed by atoms with van der Waals surface area (Å²) in [5, 5.41) is 0.661. The van der Waals surface area contributed by atoms with E-state index in [9.17, 15) is 4.48 Å². The lowest BCUT2D eigenvalue weighted by molar-refractivity contribution is 0.0614. The van der Waals surface area contributed by atoms with E-state index in [0.717, 1.165) is 5.69 Å². The lowest BCUT2D eigenvalue weighted by Crippen LogP contribution is -2.10. The minimum Gasteiger partial charge on any atom is -0.261 e. The molecule has 1 aromatic heterocycles. The first-order chi connectivity index (χ1) is 5.29. The summed E-state index contributed by atoms with van der Waals surface area (Å²) in [4.78, 5) is 4.06. The molecule has 0 fully saturated rings. The number of hydrogen-bond acceptors (Lipinski definition) is 2. The standard InChI is InChI=1S/C8H11FN2/c1-11(9)7-5-8-4-2-3-6-10-8/h2-4,6H,5,7H2,1H3. The molecule has 0 saturated heterocycles. The molecule has 1 aromatic rings. The summed E-state index contributed by atoms with van der Waals surface area (Å²) in [5.41, 5.74) is 0.928. The summed E-state index contributed by atoms with van der Waals surface area (Å²) in [5.74, 6) is 0. The van der Waals surface area contributed by atoms with Crippen LogP contribution in [0.25, 0.3) is 0 Å². The van der Waals surface area contributed by atoms with Crippen molar-refractivity contribution in [3.8, 4) is 0 Å². The normalized spacial score (nSPS) is 10.5. The number of rotatable bonds is 3. The molecule has 1 rings (SSSR count). The third-order valence-corrected chi connectivity index (χ3v) is 1.40. The van der Waals surface area contributed by atoms with E-state index in [2.05, 4.69) is 4.98 Å². The smallest absolute Gasteiger partial charge is 0.0417 e. The summed E-state index contributed by atoms with van der Waals surface area (Å²) >= 11 is 0. The summed E-state index contributed by atoms with van der Waals surface area (Å²) in [6.45, 7) is 0.400. The average molecular weight is 154 g/mol. The fourth-order valence-electron chi connectivity index (χ4n) is 0.815. The molecule has 0 aliphatic carbocycles. The van der Waals surface area contributed by atoms with Gasteiger partial charge in [-0.3, -0.25) is 4.98 Å². The number of nitrogens with zero attached hydrogens (tertiary/aromatic N) is 2. The Hall–Kier alpha value is -0.960. The fourth-order valence-corrected chi connectivity index (χ4v) is 0.815. The Bertz CT molecular complexity index is 199. The van der Waals surface area contributed by atoms with Crippen LogP contribution in [0.4, 0.5) is 4.48 Å². The molecule has 3 heteroatoms. The maximum absolute atomic E-state index is 12.2. The van der Waals surface area contributed by atoms with E-state index in [-0.39, 0.29) is 0 Å². The van der Waals surface area contributed by atoms with E-state index in [1.165, 1.54) is 7.05 Å². The van der Waals surface area contributed by atoms with Gasteiger partial charge in [0.2, 0.25) is 0 Å². The maximum Gasteiger partial charge on any atom is 0.0417 e. The molecule has 0 bridgehead atoms. The van der Waals surface area contributed by atoms with Gasteiger partial charge in [0.25, 0.3) is 0 Å². The van der Waals surface area contributed by atoms with Crippen LogP contribution in [0, 0.1) is 0 Å². The van der Waals surface area contributed by atoms with Crippen molar-refractivity contribution < 1.29 is 4.48 Å². The second kappa shape index (κ2) is 4.03. The molecule has 60 valence electrons. The van der Waals surface area contributed by atoms with Crippen molar-refractivity contribution in [2.75, 3.05) is 13.6 Å². The lowest BCUT2D eigenvalue weighted by atomic mass is 10.3. The number of pyridine rings is 1. The summed E-state index contributed by atoms with van der Waals surface area (Å²) in [6, 6.07) is 5.65. The maximum atomic E-state index is 12.2. The molecule has 0 radical (unpaired) electrons. The molecule has 0 amide bonds. The van der Waals surface area contributed by atoms with Crippen molar-refractivity contribution in [1.29, 1.82) is 0 Å². The van der Waals surface area contributed by atoms with Crippen LogP contribution < -0.4 is 0 Å². The summed E-state index contributed by atoms with van der Waals surface area (Å²) in [6.07, 6.45) is 2.38. The Kier molecular flexibility index (Phi) is 2.98. The molecule has 0 aromatic carbocycles. The molecule has 2 nitrogen and oxygen atoms in total. The first-order valence-corrected chi connectivity index (χ1v) is 3.56. The molecule has 0 aliphatic rings. The van der Waals surface area contributed by atoms with Crippen LogP contribution >= 0.6 is 0 Å². The molecule has 11 heavy (non-hydrogen) atoms. The van der Waals surface area contributed by atoms with E-state index >= 15 is 0 Å². The van der Waals surface area contributed by atoms with Gasteiger partial charge in [0.1, 0.15) is 0 Å². The fraction of sp³-hybridized carbons (Fsp3) is 0.375. The monoisotopic (exact) mass is 154 g/mol. The molecular formula is C8H11FN2. The third-order valence-electron chi connectivity index (χ3n) is 1.40. The second-order valence-electron chi connectivity index (χ2n) is 2.40. The Labute approximate surface area is 65.6 Å². The zero-order valence-corrected chi connectivity index (χ0v) is 6.50. The number of hydrogen-bond donors (Lipinski definition) is 0. The van der Waals surface area contributed by atoms with E-state index in [1.807, 2.05) is 18.2 Å². The van der Waals surface area contributed by atoms with E-state index in [0.29, 0.717) is 18.1 Å². The quantitative estimate of drug-likeness (QED) is 0.612. The van der Waals surface area contributed by atoms with E-state index in [4.69, 9.17) is 0 Å². The van der Waals surface area contributed by atoms with Crippen molar-refractivity contribution in [3.63, 3.8) is 0 Å². The molecule has 0 aliphatic heterocycles. The zero-order valence-electron chi connectivity index (χ0n) is 6.50. The Morgan fingerprint density at radius 1 is 1.55 bits per heavy atom. The van der Waals surface area contributed by atoms with Gasteiger partial charge in [0.15, 0.2) is 0 Å². The largest absolute Gasteiger partial charge is 0.261 e. The highest BCUT2D eigenvalue weighted by Gasteiger charge is 1.95. The minimum atomic E-state index is 0.400. The summed E-state index contributed by atoms with van der Waals surface area (Å²) < 4.78 is 12.2. The zero-order chi connectivity index (χ0) is 8.10. The van der Waals surface area contributed by atoms with Crippen LogP contribution in [0.15, 0.2) is 24.4 Å². The number of halogens is 1. The van der Waals surface area contributed by atoms with Crippen LogP contribution in [-0.2, 0) is 6.42 Å². The molecule has 1 heterocycles. The second-order valence-corrected chi connectivity index (χ2v) is 2.40. The highest BCUT2D eigenvalue weighted by atomic mass is 19.2. The van der Waals surface area contributed by atoms with Crippen molar-refractivity contribution in [2.45, 2.75) is 6.42 Å². The van der Waals surface area contributed by atoms with E-state index in [1.54, 1.807) is 6.20 Å². The predicted octanol–water partition coefficient (Wildman–Crippen LogP) is 1.44. The van der Waals surface area contributed by atoms with Crippen LogP contribution in [-0.4, -0.2) is 23.7 Å². The number of aromatic nitrogens is 1. The van der Waals surface area contributed by atoms with Crippen molar-refractivity contribution >= 4 is 0 Å². The van der Waals surface area contributed by atoms with Gasteiger partial charge in [-0.2, -0.15) is 0 Å². The lowest BCUT2D eigenvalue weighted by Gasteiger charge is -2.02. The average Bonchev–Trinajstić information content (AvgIpc) is 2.03. The van der Waals surface area contributed by atoms with Crippen LogP contribution in [0.5, 0.6) is 0 Å². The van der Waals surface area contributed by atoms with Gasteiger partial charge in [-0.15, -0.1) is 9.60 Å². The minimum absolute atomic E-state index is 0.400. The molecule has 0 unspecified atom stereocenters. The van der Waals surface area contributed by atoms with Gasteiger partial charge in [-0.25, -0.2) is 0 Å². The molecule has 0 N–H and O–H groups in total. The third kappa shape index (κ3) is 3.09. The van der Waals surface area contributed by atoms with Gasteiger partial charge < -0.3 is 0 Å². The van der Waals surface area contributed by atoms with Gasteiger partial charge in [-0.05, 0) is 12.1 Å². The molecule has 0 saturated carbocycles. The first kappa shape index (κ1) is 8.14. The number of likely N-dealkylation sites (N-methyl/N-ethyl adjacent to an activating group) is 1. The summed E-state index contributed by atoms with van der Waals surface area (Å²) in [7, 11) is 1.41.